The zero-order valence-corrected chi connectivity index (χ0v) is 36.0. The molecule has 2 N–H and O–H groups in total. The largest absolute Gasteiger partial charge is 0.514 e. The van der Waals surface area contributed by atoms with Crippen molar-refractivity contribution in [3.8, 4) is 23.0 Å². The molecule has 4 aliphatic heterocycles. The summed E-state index contributed by atoms with van der Waals surface area (Å²) in [7, 11) is 0. The van der Waals surface area contributed by atoms with Crippen molar-refractivity contribution in [2.24, 2.45) is 11.8 Å². The van der Waals surface area contributed by atoms with Crippen LogP contribution in [0, 0.1) is 11.8 Å². The molecule has 64 heavy (non-hydrogen) atoms. The fourth-order valence-electron chi connectivity index (χ4n) is 13.6. The van der Waals surface area contributed by atoms with Crippen molar-refractivity contribution in [3.05, 3.63) is 46.5 Å². The van der Waals surface area contributed by atoms with Crippen molar-refractivity contribution in [2.45, 2.75) is 123 Å². The van der Waals surface area contributed by atoms with Crippen LogP contribution in [-0.2, 0) is 52.2 Å². The molecule has 0 unspecified atom stereocenters. The SMILES string of the molecule is O=C(OCCOCCOCCOC(=O)Oc1ccc2c3c1O[C@@H]1C(=O)CC[C@]4(O)[C@H](C2)N(CC2CC2)CC[C@@]314)Oc1ccc2c3c1O[C@@H]1C(=O)CC[C@]4(O)[C@H](C2)N(CC2CC2)CC[C@@]314. The van der Waals surface area contributed by atoms with Gasteiger partial charge in [0.1, 0.15) is 13.2 Å². The molecule has 4 heterocycles. The maximum absolute atomic E-state index is 13.4. The van der Waals surface area contributed by atoms with Crippen LogP contribution in [0.25, 0.3) is 0 Å². The van der Waals surface area contributed by atoms with Crippen LogP contribution in [0.1, 0.15) is 86.5 Å². The summed E-state index contributed by atoms with van der Waals surface area (Å²) < 4.78 is 45.7. The minimum atomic E-state index is -1.11. The van der Waals surface area contributed by atoms with Gasteiger partial charge in [-0.05, 0) is 112 Å². The van der Waals surface area contributed by atoms with Gasteiger partial charge in [-0.2, -0.15) is 0 Å². The van der Waals surface area contributed by atoms with Gasteiger partial charge in [-0.3, -0.25) is 19.4 Å². The Hall–Kier alpha value is -4.32. The van der Waals surface area contributed by atoms with E-state index in [9.17, 15) is 29.4 Å². The molecule has 2 aromatic carbocycles. The number of carbonyl (C=O) groups excluding carboxylic acids is 4. The van der Waals surface area contributed by atoms with Crippen LogP contribution in [0.2, 0.25) is 0 Å². The zero-order valence-electron chi connectivity index (χ0n) is 36.0. The van der Waals surface area contributed by atoms with E-state index in [1.807, 2.05) is 12.1 Å². The van der Waals surface area contributed by atoms with Crippen molar-refractivity contribution in [3.63, 3.8) is 0 Å². The number of piperidine rings is 2. The number of hydrogen-bond acceptors (Lipinski definition) is 16. The topological polar surface area (TPSA) is 189 Å². The molecule has 0 radical (unpaired) electrons. The van der Waals surface area contributed by atoms with E-state index in [0.29, 0.717) is 61.9 Å². The van der Waals surface area contributed by atoms with Crippen LogP contribution in [-0.4, -0.2) is 145 Å². The summed E-state index contributed by atoms with van der Waals surface area (Å²) in [5.74, 6) is 2.34. The van der Waals surface area contributed by atoms with E-state index < -0.39 is 46.6 Å². The van der Waals surface area contributed by atoms with E-state index in [-0.39, 0.29) is 87.6 Å². The predicted octanol–water partition coefficient (Wildman–Crippen LogP) is 3.72. The smallest absolute Gasteiger partial charge is 0.477 e. The Labute approximate surface area is 370 Å². The van der Waals surface area contributed by atoms with Gasteiger partial charge in [0.15, 0.2) is 46.8 Å². The first kappa shape index (κ1) is 41.1. The van der Waals surface area contributed by atoms with E-state index in [1.54, 1.807) is 12.1 Å². The molecule has 6 fully saturated rings. The number of rotatable bonds is 15. The molecule has 6 aliphatic carbocycles. The summed E-state index contributed by atoms with van der Waals surface area (Å²) in [6.45, 7) is 3.87. The Balaban J connectivity index is 0.592. The number of aliphatic hydroxyl groups is 2. The van der Waals surface area contributed by atoms with Crippen LogP contribution in [0.3, 0.4) is 0 Å². The lowest BCUT2D eigenvalue weighted by atomic mass is 9.49. The van der Waals surface area contributed by atoms with Crippen molar-refractivity contribution in [2.75, 3.05) is 65.8 Å². The van der Waals surface area contributed by atoms with Gasteiger partial charge in [0.05, 0.1) is 48.5 Å². The summed E-state index contributed by atoms with van der Waals surface area (Å²) in [5.41, 5.74) is -0.289. The van der Waals surface area contributed by atoms with Crippen molar-refractivity contribution >= 4 is 23.9 Å². The molecular formula is C48H56N2O14. The molecule has 4 saturated carbocycles. The van der Waals surface area contributed by atoms with Crippen LogP contribution in [0.4, 0.5) is 9.59 Å². The van der Waals surface area contributed by atoms with Gasteiger partial charge in [-0.25, -0.2) is 9.59 Å². The molecule has 12 rings (SSSR count). The summed E-state index contributed by atoms with van der Waals surface area (Å²) >= 11 is 0. The molecule has 0 aromatic heterocycles. The van der Waals surface area contributed by atoms with Crippen molar-refractivity contribution in [1.29, 1.82) is 0 Å². The maximum atomic E-state index is 13.4. The Morgan fingerprint density at radius 3 is 1.45 bits per heavy atom. The second-order valence-corrected chi connectivity index (χ2v) is 20.0. The average Bonchev–Trinajstić information content (AvgIpc) is 4.21. The molecule has 10 aliphatic rings. The highest BCUT2D eigenvalue weighted by molar-refractivity contribution is 5.91. The third-order valence-electron chi connectivity index (χ3n) is 16.7. The zero-order chi connectivity index (χ0) is 43.6. The van der Waals surface area contributed by atoms with Crippen molar-refractivity contribution in [1.82, 2.24) is 9.80 Å². The number of likely N-dealkylation sites (tertiary alicyclic amines) is 2. The lowest BCUT2D eigenvalue weighted by molar-refractivity contribution is -0.188. The number of ketones is 2. The second kappa shape index (κ2) is 15.1. The molecule has 342 valence electrons. The average molecular weight is 885 g/mol. The molecule has 2 saturated heterocycles. The van der Waals surface area contributed by atoms with Gasteiger partial charge >= 0.3 is 12.3 Å². The van der Waals surface area contributed by atoms with Crippen LogP contribution in [0.15, 0.2) is 24.3 Å². The predicted molar refractivity (Wildman–Crippen MR) is 222 cm³/mol. The quantitative estimate of drug-likeness (QED) is 0.150. The Morgan fingerprint density at radius 1 is 0.609 bits per heavy atom. The number of hydrogen-bond donors (Lipinski definition) is 2. The highest BCUT2D eigenvalue weighted by atomic mass is 16.7. The van der Waals surface area contributed by atoms with Gasteiger partial charge in [0.25, 0.3) is 0 Å². The molecule has 16 nitrogen and oxygen atoms in total. The summed E-state index contributed by atoms with van der Waals surface area (Å²) in [4.78, 5) is 57.2. The van der Waals surface area contributed by atoms with E-state index >= 15 is 0 Å². The van der Waals surface area contributed by atoms with Crippen molar-refractivity contribution < 1.29 is 67.3 Å². The molecule has 4 bridgehead atoms. The van der Waals surface area contributed by atoms with Gasteiger partial charge in [-0.1, -0.05) is 12.1 Å². The lowest BCUT2D eigenvalue weighted by Crippen LogP contribution is -2.76. The second-order valence-electron chi connectivity index (χ2n) is 20.0. The number of ether oxygens (including phenoxy) is 8. The van der Waals surface area contributed by atoms with Crippen LogP contribution >= 0.6 is 0 Å². The van der Waals surface area contributed by atoms with E-state index in [0.717, 1.165) is 48.4 Å². The van der Waals surface area contributed by atoms with Crippen LogP contribution in [0.5, 0.6) is 23.0 Å². The highest BCUT2D eigenvalue weighted by Gasteiger charge is 2.75. The van der Waals surface area contributed by atoms with Gasteiger partial charge in [-0.15, -0.1) is 0 Å². The third kappa shape index (κ3) is 6.07. The fourth-order valence-corrected chi connectivity index (χ4v) is 13.6. The monoisotopic (exact) mass is 884 g/mol. The van der Waals surface area contributed by atoms with E-state index in [1.165, 1.54) is 25.7 Å². The first-order valence-electron chi connectivity index (χ1n) is 23.5. The number of carbonyl (C=O) groups is 4. The van der Waals surface area contributed by atoms with Gasteiger partial charge in [0.2, 0.25) is 0 Å². The minimum Gasteiger partial charge on any atom is -0.477 e. The molecule has 2 aromatic rings. The molecular weight excluding hydrogens is 829 g/mol. The van der Waals surface area contributed by atoms with E-state index in [2.05, 4.69) is 9.80 Å². The molecule has 16 heteroatoms. The summed E-state index contributed by atoms with van der Waals surface area (Å²) in [6.07, 6.45) is 5.16. The Kier molecular flexibility index (Phi) is 9.71. The fraction of sp³-hybridized carbons (Fsp3) is 0.667. The maximum Gasteiger partial charge on any atom is 0.514 e. The Bertz CT molecular complexity index is 2140. The summed E-state index contributed by atoms with van der Waals surface area (Å²) in [5, 5.41) is 25.0. The standard InChI is InChI=1S/C48H56N2O14/c51-31-9-11-47(55)35-23-29-5-7-33(39-37(29)45(47,41(31)63-39)13-15-49(35)25-27-1-2-27)61-43(53)59-21-19-57-17-18-58-20-22-60-44(54)62-34-8-6-30-24-36-48(56)12-10-32(52)42-46(48,38(30)40(34)64-42)14-16-50(36)26-28-3-4-28/h5-8,27-28,35-36,41-42,55-56H,1-4,9-26H2/t35-,36-,41+,42+,45+,46+,47-,48-/m0/s1. The third-order valence-corrected chi connectivity index (χ3v) is 16.7. The highest BCUT2D eigenvalue weighted by Crippen LogP contribution is 2.67. The molecule has 0 amide bonds. The van der Waals surface area contributed by atoms with E-state index in [4.69, 9.17) is 37.9 Å². The first-order valence-corrected chi connectivity index (χ1v) is 23.5. The minimum absolute atomic E-state index is 0.0303. The van der Waals surface area contributed by atoms with Crippen LogP contribution < -0.4 is 18.9 Å². The lowest BCUT2D eigenvalue weighted by Gasteiger charge is -2.62. The molecule has 8 atom stereocenters. The van der Waals surface area contributed by atoms with Gasteiger partial charge in [0, 0.05) is 49.1 Å². The number of benzene rings is 2. The normalized spacial score (nSPS) is 34.9. The molecule has 2 spiro atoms. The first-order chi connectivity index (χ1) is 31.0. The van der Waals surface area contributed by atoms with Gasteiger partial charge < -0.3 is 48.1 Å². The Morgan fingerprint density at radius 2 is 1.03 bits per heavy atom. The number of Topliss-reactive ketones (excluding diaryl/α,β-unsaturated/α-hetero) is 2. The number of nitrogens with zero attached hydrogens (tertiary/aromatic N) is 2. The summed E-state index contributed by atoms with van der Waals surface area (Å²) in [6, 6.07) is 7.05.